The van der Waals surface area contributed by atoms with Crippen LogP contribution in [0.4, 0.5) is 13.2 Å². The molecule has 1 aliphatic carbocycles. The van der Waals surface area contributed by atoms with Crippen molar-refractivity contribution in [1.82, 2.24) is 5.32 Å². The first-order valence-electron chi connectivity index (χ1n) is 8.41. The number of ether oxygens (including phenoxy) is 1. The number of aryl methyl sites for hydroxylation is 1. The van der Waals surface area contributed by atoms with E-state index in [4.69, 9.17) is 4.74 Å². The molecule has 0 unspecified atom stereocenters. The second kappa shape index (κ2) is 7.72. The quantitative estimate of drug-likeness (QED) is 0.808. The van der Waals surface area contributed by atoms with Crippen LogP contribution in [0.2, 0.25) is 0 Å². The first-order valence-corrected chi connectivity index (χ1v) is 8.41. The van der Waals surface area contributed by atoms with Crippen molar-refractivity contribution >= 4 is 11.7 Å². The zero-order valence-corrected chi connectivity index (χ0v) is 14.8. The van der Waals surface area contributed by atoms with E-state index in [9.17, 15) is 22.8 Å². The molecule has 0 heterocycles. The van der Waals surface area contributed by atoms with Gasteiger partial charge in [-0.1, -0.05) is 24.3 Å². The van der Waals surface area contributed by atoms with E-state index in [2.05, 4.69) is 5.32 Å². The molecule has 2 aromatic rings. The van der Waals surface area contributed by atoms with Gasteiger partial charge in [-0.15, -0.1) is 0 Å². The van der Waals surface area contributed by atoms with Crippen LogP contribution in [-0.4, -0.2) is 11.7 Å². The molecule has 0 aromatic heterocycles. The Hall–Kier alpha value is -3.35. The van der Waals surface area contributed by atoms with E-state index in [1.165, 1.54) is 6.08 Å². The Bertz CT molecular complexity index is 991. The summed E-state index contributed by atoms with van der Waals surface area (Å²) < 4.78 is 45.0. The van der Waals surface area contributed by atoms with Crippen LogP contribution in [-0.2, 0) is 11.0 Å². The fourth-order valence-electron chi connectivity index (χ4n) is 2.62. The van der Waals surface area contributed by atoms with Crippen LogP contribution in [0.15, 0.2) is 66.4 Å². The van der Waals surface area contributed by atoms with Gasteiger partial charge in [0.1, 0.15) is 11.5 Å². The molecule has 28 heavy (non-hydrogen) atoms. The molecule has 4 nitrogen and oxygen atoms in total. The molecule has 0 aliphatic heterocycles. The largest absolute Gasteiger partial charge is 0.456 e. The molecular formula is C21H16F3NO3. The lowest BCUT2D eigenvalue weighted by Crippen LogP contribution is -2.24. The number of carbonyl (C=O) groups is 2. The number of benzene rings is 2. The first-order chi connectivity index (χ1) is 13.2. The normalized spacial score (nSPS) is 13.9. The molecule has 0 atom stereocenters. The van der Waals surface area contributed by atoms with Crippen LogP contribution in [0.1, 0.15) is 27.9 Å². The number of hydrogen-bond acceptors (Lipinski definition) is 3. The maximum atomic E-state index is 13.1. The number of carbonyl (C=O) groups excluding carboxylic acids is 2. The molecule has 1 N–H and O–H groups in total. The fraction of sp³-hybridized carbons (Fsp3) is 0.143. The monoisotopic (exact) mass is 387 g/mol. The highest BCUT2D eigenvalue weighted by atomic mass is 19.4. The van der Waals surface area contributed by atoms with Crippen molar-refractivity contribution in [2.24, 2.45) is 0 Å². The van der Waals surface area contributed by atoms with Crippen LogP contribution >= 0.6 is 0 Å². The summed E-state index contributed by atoms with van der Waals surface area (Å²) in [6.45, 7) is 1.74. The van der Waals surface area contributed by atoms with E-state index in [0.29, 0.717) is 11.3 Å². The van der Waals surface area contributed by atoms with Gasteiger partial charge in [0.05, 0.1) is 11.1 Å². The summed E-state index contributed by atoms with van der Waals surface area (Å²) >= 11 is 0. The van der Waals surface area contributed by atoms with E-state index in [1.54, 1.807) is 43.3 Å². The number of nitrogens with one attached hydrogen (secondary N) is 1. The van der Waals surface area contributed by atoms with Gasteiger partial charge in [0.25, 0.3) is 5.91 Å². The molecule has 0 saturated carbocycles. The third-order valence-electron chi connectivity index (χ3n) is 4.06. The van der Waals surface area contributed by atoms with E-state index in [0.717, 1.165) is 18.2 Å². The Morgan fingerprint density at radius 1 is 1.11 bits per heavy atom. The average Bonchev–Trinajstić information content (AvgIpc) is 2.63. The van der Waals surface area contributed by atoms with Gasteiger partial charge in [-0.05, 0) is 42.8 Å². The molecule has 0 saturated heterocycles. The van der Waals surface area contributed by atoms with Crippen LogP contribution in [0.25, 0.3) is 0 Å². The topological polar surface area (TPSA) is 55.4 Å². The summed E-state index contributed by atoms with van der Waals surface area (Å²) in [6, 6.07) is 9.45. The number of para-hydroxylation sites is 1. The number of rotatable bonds is 4. The van der Waals surface area contributed by atoms with E-state index >= 15 is 0 Å². The summed E-state index contributed by atoms with van der Waals surface area (Å²) in [5.74, 6) is -0.749. The molecule has 3 rings (SSSR count). The maximum absolute atomic E-state index is 13.1. The molecule has 0 fully saturated rings. The number of allylic oxidation sites excluding steroid dienone is 3. The Balaban J connectivity index is 1.97. The van der Waals surface area contributed by atoms with Crippen LogP contribution < -0.4 is 10.1 Å². The second-order valence-corrected chi connectivity index (χ2v) is 6.20. The minimum absolute atomic E-state index is 0.0800. The Kier molecular flexibility index (Phi) is 5.35. The van der Waals surface area contributed by atoms with Crippen molar-refractivity contribution in [3.05, 3.63) is 83.1 Å². The maximum Gasteiger partial charge on any atom is 0.416 e. The predicted octanol–water partition coefficient (Wildman–Crippen LogP) is 4.95. The van der Waals surface area contributed by atoms with Gasteiger partial charge in [0.2, 0.25) is 0 Å². The van der Waals surface area contributed by atoms with Gasteiger partial charge >= 0.3 is 6.18 Å². The van der Waals surface area contributed by atoms with Gasteiger partial charge < -0.3 is 10.1 Å². The Labute approximate surface area is 159 Å². The highest BCUT2D eigenvalue weighted by Gasteiger charge is 2.32. The second-order valence-electron chi connectivity index (χ2n) is 6.20. The number of halogens is 3. The lowest BCUT2D eigenvalue weighted by molar-refractivity contribution is -0.137. The summed E-state index contributed by atoms with van der Waals surface area (Å²) in [6.07, 6.45) is 0.0752. The molecule has 7 heteroatoms. The lowest BCUT2D eigenvalue weighted by atomic mass is 10.1. The SMILES string of the molecule is Cc1ccccc1Oc1cc(C(F)(F)F)ccc1C(=O)NC1=CC(=O)CC=C1. The number of amides is 1. The highest BCUT2D eigenvalue weighted by molar-refractivity contribution is 6.00. The minimum Gasteiger partial charge on any atom is -0.456 e. The first kappa shape index (κ1) is 19.4. The van der Waals surface area contributed by atoms with Crippen LogP contribution in [0.5, 0.6) is 11.5 Å². The zero-order valence-electron chi connectivity index (χ0n) is 14.8. The lowest BCUT2D eigenvalue weighted by Gasteiger charge is -2.16. The Morgan fingerprint density at radius 3 is 2.54 bits per heavy atom. The predicted molar refractivity (Wildman–Crippen MR) is 97.0 cm³/mol. The van der Waals surface area contributed by atoms with Crippen LogP contribution in [0, 0.1) is 6.92 Å². The van der Waals surface area contributed by atoms with E-state index in [1.807, 2.05) is 0 Å². The molecule has 1 amide bonds. The molecule has 2 aromatic carbocycles. The summed E-state index contributed by atoms with van der Waals surface area (Å²) in [5.41, 5.74) is -0.0408. The highest BCUT2D eigenvalue weighted by Crippen LogP contribution is 2.35. The summed E-state index contributed by atoms with van der Waals surface area (Å²) in [5, 5.41) is 2.52. The van der Waals surface area contributed by atoms with Crippen LogP contribution in [0.3, 0.4) is 0 Å². The van der Waals surface area contributed by atoms with Crippen molar-refractivity contribution < 1.29 is 27.5 Å². The smallest absolute Gasteiger partial charge is 0.416 e. The molecular weight excluding hydrogens is 371 g/mol. The van der Waals surface area contributed by atoms with Crippen molar-refractivity contribution in [2.75, 3.05) is 0 Å². The minimum atomic E-state index is -4.58. The van der Waals surface area contributed by atoms with Gasteiger partial charge in [-0.3, -0.25) is 9.59 Å². The third kappa shape index (κ3) is 4.49. The Morgan fingerprint density at radius 2 is 1.86 bits per heavy atom. The third-order valence-corrected chi connectivity index (χ3v) is 4.06. The average molecular weight is 387 g/mol. The fourth-order valence-corrected chi connectivity index (χ4v) is 2.62. The molecule has 144 valence electrons. The van der Waals surface area contributed by atoms with Gasteiger partial charge in [-0.25, -0.2) is 0 Å². The molecule has 0 spiro atoms. The van der Waals surface area contributed by atoms with E-state index < -0.39 is 17.6 Å². The van der Waals surface area contributed by atoms with E-state index in [-0.39, 0.29) is 29.2 Å². The molecule has 0 bridgehead atoms. The van der Waals surface area contributed by atoms with Crippen molar-refractivity contribution in [1.29, 1.82) is 0 Å². The zero-order chi connectivity index (χ0) is 20.3. The summed E-state index contributed by atoms with van der Waals surface area (Å²) in [7, 11) is 0. The van der Waals surface area contributed by atoms with Gasteiger partial charge in [-0.2, -0.15) is 13.2 Å². The number of alkyl halides is 3. The number of ketones is 1. The van der Waals surface area contributed by atoms with Crippen molar-refractivity contribution in [3.8, 4) is 11.5 Å². The van der Waals surface area contributed by atoms with Gasteiger partial charge in [0.15, 0.2) is 5.78 Å². The number of hydrogen-bond donors (Lipinski definition) is 1. The van der Waals surface area contributed by atoms with Crippen molar-refractivity contribution in [2.45, 2.75) is 19.5 Å². The van der Waals surface area contributed by atoms with Gasteiger partial charge in [0, 0.05) is 18.2 Å². The molecule has 0 radical (unpaired) electrons. The summed E-state index contributed by atoms with van der Waals surface area (Å²) in [4.78, 5) is 24.1. The standard InChI is InChI=1S/C21H16F3NO3/c1-13-5-2-3-8-18(13)28-19-11-14(21(22,23)24)9-10-17(19)20(27)25-15-6-4-7-16(26)12-15/h2-6,8-12H,7H2,1H3,(H,25,27). The van der Waals surface area contributed by atoms with Crippen molar-refractivity contribution in [3.63, 3.8) is 0 Å². The molecule has 1 aliphatic rings.